The topological polar surface area (TPSA) is 60.2 Å². The first kappa shape index (κ1) is 13.1. The first-order chi connectivity index (χ1) is 9.76. The minimum Gasteiger partial charge on any atom is -0.497 e. The Balaban J connectivity index is 1.60. The summed E-state index contributed by atoms with van der Waals surface area (Å²) in [5.74, 6) is 2.31. The van der Waals surface area contributed by atoms with Gasteiger partial charge in [0.1, 0.15) is 5.75 Å². The maximum absolute atomic E-state index is 5.30. The number of hydrogen-bond donors (Lipinski definition) is 1. The number of nitrogens with one attached hydrogen (secondary N) is 1. The van der Waals surface area contributed by atoms with Gasteiger partial charge in [-0.1, -0.05) is 11.2 Å². The molecule has 0 fully saturated rings. The zero-order valence-electron chi connectivity index (χ0n) is 11.8. The van der Waals surface area contributed by atoms with E-state index in [4.69, 9.17) is 9.26 Å². The second-order valence-electron chi connectivity index (χ2n) is 5.10. The van der Waals surface area contributed by atoms with Crippen LogP contribution in [0.5, 0.6) is 5.75 Å². The quantitative estimate of drug-likeness (QED) is 0.905. The molecular formula is C15H19N3O2. The van der Waals surface area contributed by atoms with Crippen LogP contribution in [0.2, 0.25) is 0 Å². The minimum absolute atomic E-state index is 0.393. The van der Waals surface area contributed by atoms with Crippen molar-refractivity contribution in [1.82, 2.24) is 15.5 Å². The summed E-state index contributed by atoms with van der Waals surface area (Å²) in [6.45, 7) is 2.67. The van der Waals surface area contributed by atoms with Crippen molar-refractivity contribution in [3.05, 3.63) is 41.0 Å². The van der Waals surface area contributed by atoms with E-state index in [1.54, 1.807) is 7.11 Å². The van der Waals surface area contributed by atoms with Crippen molar-refractivity contribution in [3.8, 4) is 5.75 Å². The SMILES string of the molecule is COc1ccc2c(c1)C(NCCc1nc(C)no1)CC2. The molecule has 0 spiro atoms. The molecule has 1 aromatic carbocycles. The number of aromatic nitrogens is 2. The molecule has 1 aliphatic carbocycles. The lowest BCUT2D eigenvalue weighted by Crippen LogP contribution is -2.22. The number of ether oxygens (including phenoxy) is 1. The van der Waals surface area contributed by atoms with E-state index in [-0.39, 0.29) is 0 Å². The van der Waals surface area contributed by atoms with Crippen molar-refractivity contribution in [2.75, 3.05) is 13.7 Å². The van der Waals surface area contributed by atoms with Crippen molar-refractivity contribution in [3.63, 3.8) is 0 Å². The molecular weight excluding hydrogens is 254 g/mol. The lowest BCUT2D eigenvalue weighted by atomic mass is 10.1. The van der Waals surface area contributed by atoms with Crippen molar-refractivity contribution in [1.29, 1.82) is 0 Å². The highest BCUT2D eigenvalue weighted by Gasteiger charge is 2.22. The van der Waals surface area contributed by atoms with E-state index in [1.165, 1.54) is 11.1 Å². The summed E-state index contributed by atoms with van der Waals surface area (Å²) in [5.41, 5.74) is 2.77. The summed E-state index contributed by atoms with van der Waals surface area (Å²) in [7, 11) is 1.71. The fourth-order valence-corrected chi connectivity index (χ4v) is 2.71. The number of rotatable bonds is 5. The summed E-state index contributed by atoms with van der Waals surface area (Å²) in [5, 5.41) is 7.36. The first-order valence-corrected chi connectivity index (χ1v) is 6.95. The Morgan fingerprint density at radius 3 is 3.10 bits per heavy atom. The molecule has 5 nitrogen and oxygen atoms in total. The van der Waals surface area contributed by atoms with E-state index in [0.717, 1.165) is 31.6 Å². The molecule has 1 aliphatic rings. The number of nitrogens with zero attached hydrogens (tertiary/aromatic N) is 2. The van der Waals surface area contributed by atoms with Gasteiger partial charge in [0.05, 0.1) is 7.11 Å². The van der Waals surface area contributed by atoms with Crippen LogP contribution in [0, 0.1) is 6.92 Å². The molecule has 0 radical (unpaired) electrons. The van der Waals surface area contributed by atoms with Gasteiger partial charge >= 0.3 is 0 Å². The average molecular weight is 273 g/mol. The molecule has 1 heterocycles. The van der Waals surface area contributed by atoms with Crippen molar-refractivity contribution in [2.45, 2.75) is 32.2 Å². The Morgan fingerprint density at radius 1 is 1.45 bits per heavy atom. The van der Waals surface area contributed by atoms with Gasteiger partial charge in [0.2, 0.25) is 5.89 Å². The number of methoxy groups -OCH3 is 1. The van der Waals surface area contributed by atoms with Crippen LogP contribution in [0.15, 0.2) is 22.7 Å². The Bertz CT molecular complexity index is 595. The molecule has 0 saturated heterocycles. The highest BCUT2D eigenvalue weighted by Crippen LogP contribution is 2.33. The second kappa shape index (κ2) is 5.63. The molecule has 0 aliphatic heterocycles. The monoisotopic (exact) mass is 273 g/mol. The normalized spacial score (nSPS) is 17.2. The number of fused-ring (bicyclic) bond motifs is 1. The van der Waals surface area contributed by atoms with Crippen molar-refractivity contribution >= 4 is 0 Å². The van der Waals surface area contributed by atoms with Crippen LogP contribution in [-0.2, 0) is 12.8 Å². The van der Waals surface area contributed by atoms with Gasteiger partial charge in [-0.2, -0.15) is 4.98 Å². The van der Waals surface area contributed by atoms with E-state index in [0.29, 0.717) is 17.8 Å². The smallest absolute Gasteiger partial charge is 0.227 e. The molecule has 20 heavy (non-hydrogen) atoms. The maximum atomic E-state index is 5.30. The molecule has 3 rings (SSSR count). The Hall–Kier alpha value is -1.88. The molecule has 1 aromatic heterocycles. The van der Waals surface area contributed by atoms with Crippen LogP contribution in [-0.4, -0.2) is 23.8 Å². The van der Waals surface area contributed by atoms with Gasteiger partial charge in [-0.15, -0.1) is 0 Å². The average Bonchev–Trinajstić information content (AvgIpc) is 3.05. The molecule has 106 valence electrons. The third-order valence-corrected chi connectivity index (χ3v) is 3.73. The molecule has 0 bridgehead atoms. The highest BCUT2D eigenvalue weighted by molar-refractivity contribution is 5.40. The predicted octanol–water partition coefficient (Wildman–Crippen LogP) is 2.21. The largest absolute Gasteiger partial charge is 0.497 e. The first-order valence-electron chi connectivity index (χ1n) is 6.95. The lowest BCUT2D eigenvalue weighted by Gasteiger charge is -2.14. The van der Waals surface area contributed by atoms with E-state index in [2.05, 4.69) is 27.6 Å². The standard InChI is InChI=1S/C15H19N3O2/c1-10-17-15(20-18-10)7-8-16-14-6-4-11-3-5-12(19-2)9-13(11)14/h3,5,9,14,16H,4,6-8H2,1-2H3. The van der Waals surface area contributed by atoms with Gasteiger partial charge in [0, 0.05) is 19.0 Å². The van der Waals surface area contributed by atoms with E-state index >= 15 is 0 Å². The molecule has 5 heteroatoms. The predicted molar refractivity (Wildman–Crippen MR) is 74.8 cm³/mol. The van der Waals surface area contributed by atoms with Gasteiger partial charge in [0.25, 0.3) is 0 Å². The summed E-state index contributed by atoms with van der Waals surface area (Å²) in [4.78, 5) is 4.21. The molecule has 1 unspecified atom stereocenters. The second-order valence-corrected chi connectivity index (χ2v) is 5.10. The third kappa shape index (κ3) is 2.67. The van der Waals surface area contributed by atoms with Gasteiger partial charge in [-0.3, -0.25) is 0 Å². The van der Waals surface area contributed by atoms with Crippen LogP contribution in [0.4, 0.5) is 0 Å². The zero-order valence-corrected chi connectivity index (χ0v) is 11.8. The van der Waals surface area contributed by atoms with Gasteiger partial charge in [0.15, 0.2) is 5.82 Å². The summed E-state index contributed by atoms with van der Waals surface area (Å²) >= 11 is 0. The van der Waals surface area contributed by atoms with Crippen LogP contribution < -0.4 is 10.1 Å². The van der Waals surface area contributed by atoms with Gasteiger partial charge in [-0.25, -0.2) is 0 Å². The van der Waals surface area contributed by atoms with E-state index in [1.807, 2.05) is 13.0 Å². The van der Waals surface area contributed by atoms with E-state index < -0.39 is 0 Å². The molecule has 1 N–H and O–H groups in total. The fourth-order valence-electron chi connectivity index (χ4n) is 2.71. The Kier molecular flexibility index (Phi) is 3.69. The fraction of sp³-hybridized carbons (Fsp3) is 0.467. The highest BCUT2D eigenvalue weighted by atomic mass is 16.5. The van der Waals surface area contributed by atoms with Crippen LogP contribution in [0.25, 0.3) is 0 Å². The zero-order chi connectivity index (χ0) is 13.9. The minimum atomic E-state index is 0.393. The summed E-state index contributed by atoms with van der Waals surface area (Å²) < 4.78 is 10.4. The molecule has 2 aromatic rings. The van der Waals surface area contributed by atoms with Gasteiger partial charge in [-0.05, 0) is 43.0 Å². The Labute approximate surface area is 118 Å². The summed E-state index contributed by atoms with van der Waals surface area (Å²) in [6.07, 6.45) is 3.01. The maximum Gasteiger partial charge on any atom is 0.227 e. The molecule has 0 amide bonds. The lowest BCUT2D eigenvalue weighted by molar-refractivity contribution is 0.369. The van der Waals surface area contributed by atoms with E-state index in [9.17, 15) is 0 Å². The van der Waals surface area contributed by atoms with Crippen LogP contribution in [0.3, 0.4) is 0 Å². The van der Waals surface area contributed by atoms with Crippen molar-refractivity contribution < 1.29 is 9.26 Å². The molecule has 0 saturated carbocycles. The third-order valence-electron chi connectivity index (χ3n) is 3.73. The van der Waals surface area contributed by atoms with Gasteiger partial charge < -0.3 is 14.6 Å². The number of aryl methyl sites for hydroxylation is 2. The van der Waals surface area contributed by atoms with Crippen molar-refractivity contribution in [2.24, 2.45) is 0 Å². The van der Waals surface area contributed by atoms with Crippen LogP contribution in [0.1, 0.15) is 35.3 Å². The number of benzene rings is 1. The number of hydrogen-bond acceptors (Lipinski definition) is 5. The summed E-state index contributed by atoms with van der Waals surface area (Å²) in [6, 6.07) is 6.72. The van der Waals surface area contributed by atoms with Crippen LogP contribution >= 0.6 is 0 Å². The Morgan fingerprint density at radius 2 is 2.35 bits per heavy atom. The molecule has 1 atom stereocenters.